The molecule has 0 aliphatic carbocycles. The Morgan fingerprint density at radius 3 is 2.29 bits per heavy atom. The molecule has 0 unspecified atom stereocenters. The zero-order valence-electron chi connectivity index (χ0n) is 17.4. The first-order valence-electron chi connectivity index (χ1n) is 9.64. The van der Waals surface area contributed by atoms with Crippen LogP contribution in [0, 0.1) is 11.3 Å². The third-order valence-electron chi connectivity index (χ3n) is 4.53. The molecule has 0 heterocycles. The standard InChI is InChI=1S/C24H13Cl4F3N2O2/c25-17-5-4-14(19(26)10-17)12-35-22-20(27)7-13(8-21(22)28)6-15(11-32)23(34)33-18-3-1-2-16(9-18)24(29,30)31/h1-10H,12H2,(H,33,34)/b15-6+. The van der Waals surface area contributed by atoms with Crippen molar-refractivity contribution < 1.29 is 22.7 Å². The topological polar surface area (TPSA) is 62.1 Å². The van der Waals surface area contributed by atoms with Crippen LogP contribution in [0.2, 0.25) is 20.1 Å². The number of alkyl halides is 3. The number of halogens is 7. The van der Waals surface area contributed by atoms with Gasteiger partial charge in [0.1, 0.15) is 18.2 Å². The van der Waals surface area contributed by atoms with Crippen LogP contribution >= 0.6 is 46.4 Å². The summed E-state index contributed by atoms with van der Waals surface area (Å²) in [6.45, 7) is 0.0491. The van der Waals surface area contributed by atoms with Gasteiger partial charge in [0.25, 0.3) is 5.91 Å². The molecule has 4 nitrogen and oxygen atoms in total. The van der Waals surface area contributed by atoms with Crippen molar-refractivity contribution >= 4 is 64.1 Å². The van der Waals surface area contributed by atoms with E-state index in [1.165, 1.54) is 24.3 Å². The number of carbonyl (C=O) groups excluding carboxylic acids is 1. The molecule has 180 valence electrons. The summed E-state index contributed by atoms with van der Waals surface area (Å²) in [5.74, 6) is -0.750. The normalized spacial score (nSPS) is 11.7. The van der Waals surface area contributed by atoms with Crippen LogP contribution < -0.4 is 10.1 Å². The smallest absolute Gasteiger partial charge is 0.416 e. The first-order chi connectivity index (χ1) is 16.5. The van der Waals surface area contributed by atoms with Crippen LogP contribution in [0.3, 0.4) is 0 Å². The Labute approximate surface area is 218 Å². The largest absolute Gasteiger partial charge is 0.486 e. The molecular formula is C24H13Cl4F3N2O2. The van der Waals surface area contributed by atoms with Crippen LogP contribution in [0.1, 0.15) is 16.7 Å². The molecule has 3 rings (SSSR count). The third-order valence-corrected chi connectivity index (χ3v) is 5.68. The van der Waals surface area contributed by atoms with Gasteiger partial charge in [-0.1, -0.05) is 58.5 Å². The monoisotopic (exact) mass is 558 g/mol. The third kappa shape index (κ3) is 7.06. The second-order valence-corrected chi connectivity index (χ2v) is 8.70. The Hall–Kier alpha value is -2.89. The summed E-state index contributed by atoms with van der Waals surface area (Å²) >= 11 is 24.6. The summed E-state index contributed by atoms with van der Waals surface area (Å²) in [5.41, 5.74) is -0.493. The highest BCUT2D eigenvalue weighted by molar-refractivity contribution is 6.37. The van der Waals surface area contributed by atoms with Gasteiger partial charge in [0.15, 0.2) is 5.75 Å². The second kappa shape index (κ2) is 11.2. The lowest BCUT2D eigenvalue weighted by molar-refractivity contribution is -0.137. The van der Waals surface area contributed by atoms with Crippen molar-refractivity contribution in [1.82, 2.24) is 0 Å². The molecule has 3 aromatic rings. The molecule has 0 aliphatic heterocycles. The molecular weight excluding hydrogens is 547 g/mol. The first kappa shape index (κ1) is 26.7. The van der Waals surface area contributed by atoms with E-state index in [4.69, 9.17) is 51.1 Å². The van der Waals surface area contributed by atoms with Crippen molar-refractivity contribution in [3.63, 3.8) is 0 Å². The van der Waals surface area contributed by atoms with Crippen molar-refractivity contribution in [1.29, 1.82) is 5.26 Å². The number of nitrogens with zero attached hydrogens (tertiary/aromatic N) is 1. The van der Waals surface area contributed by atoms with Crippen LogP contribution in [0.5, 0.6) is 5.75 Å². The molecule has 0 aliphatic rings. The van der Waals surface area contributed by atoms with Crippen LogP contribution in [-0.2, 0) is 17.6 Å². The van der Waals surface area contributed by atoms with Crippen molar-refractivity contribution in [3.8, 4) is 11.8 Å². The summed E-state index contributed by atoms with van der Waals surface area (Å²) in [5, 5.41) is 12.7. The van der Waals surface area contributed by atoms with E-state index in [0.29, 0.717) is 21.2 Å². The van der Waals surface area contributed by atoms with Gasteiger partial charge in [-0.05, 0) is 54.1 Å². The van der Waals surface area contributed by atoms with Gasteiger partial charge in [-0.3, -0.25) is 4.79 Å². The molecule has 1 amide bonds. The van der Waals surface area contributed by atoms with Gasteiger partial charge in [-0.15, -0.1) is 0 Å². The number of nitriles is 1. The van der Waals surface area contributed by atoms with Gasteiger partial charge in [-0.2, -0.15) is 18.4 Å². The summed E-state index contributed by atoms with van der Waals surface area (Å²) in [6.07, 6.45) is -3.38. The molecule has 3 aromatic carbocycles. The van der Waals surface area contributed by atoms with Crippen molar-refractivity contribution in [2.45, 2.75) is 12.8 Å². The van der Waals surface area contributed by atoms with E-state index in [1.807, 2.05) is 0 Å². The molecule has 0 atom stereocenters. The van der Waals surface area contributed by atoms with E-state index < -0.39 is 17.6 Å². The average molecular weight is 560 g/mol. The molecule has 0 aromatic heterocycles. The summed E-state index contributed by atoms with van der Waals surface area (Å²) < 4.78 is 44.3. The maximum Gasteiger partial charge on any atom is 0.416 e. The molecule has 0 saturated heterocycles. The molecule has 0 saturated carbocycles. The predicted octanol–water partition coefficient (Wildman–Crippen LogP) is 8.44. The van der Waals surface area contributed by atoms with E-state index >= 15 is 0 Å². The fourth-order valence-electron chi connectivity index (χ4n) is 2.88. The van der Waals surface area contributed by atoms with E-state index in [-0.39, 0.29) is 33.7 Å². The molecule has 11 heteroatoms. The SMILES string of the molecule is N#C/C(=C\c1cc(Cl)c(OCc2ccc(Cl)cc2Cl)c(Cl)c1)C(=O)Nc1cccc(C(F)(F)F)c1. The van der Waals surface area contributed by atoms with Gasteiger partial charge < -0.3 is 10.1 Å². The van der Waals surface area contributed by atoms with Crippen LogP contribution in [0.25, 0.3) is 6.08 Å². The Morgan fingerprint density at radius 1 is 1.00 bits per heavy atom. The number of ether oxygens (including phenoxy) is 1. The minimum absolute atomic E-state index is 0.0491. The molecule has 0 fully saturated rings. The fourth-order valence-corrected chi connectivity index (χ4v) is 3.95. The lowest BCUT2D eigenvalue weighted by Crippen LogP contribution is -2.14. The molecule has 0 radical (unpaired) electrons. The minimum Gasteiger partial charge on any atom is -0.486 e. The second-order valence-electron chi connectivity index (χ2n) is 7.04. The van der Waals surface area contributed by atoms with Crippen molar-refractivity contribution in [2.24, 2.45) is 0 Å². The quantitative estimate of drug-likeness (QED) is 0.243. The highest BCUT2D eigenvalue weighted by atomic mass is 35.5. The molecule has 0 bridgehead atoms. The first-order valence-corrected chi connectivity index (χ1v) is 11.2. The van der Waals surface area contributed by atoms with E-state index in [1.54, 1.807) is 24.3 Å². The number of hydrogen-bond acceptors (Lipinski definition) is 3. The number of nitrogens with one attached hydrogen (secondary N) is 1. The fraction of sp³-hybridized carbons (Fsp3) is 0.0833. The highest BCUT2D eigenvalue weighted by Crippen LogP contribution is 2.36. The number of hydrogen-bond donors (Lipinski definition) is 1. The molecule has 35 heavy (non-hydrogen) atoms. The van der Waals surface area contributed by atoms with Crippen molar-refractivity contribution in [3.05, 3.63) is 97.0 Å². The summed E-state index contributed by atoms with van der Waals surface area (Å²) in [6, 6.07) is 13.5. The van der Waals surface area contributed by atoms with Gasteiger partial charge in [0, 0.05) is 21.3 Å². The zero-order valence-corrected chi connectivity index (χ0v) is 20.4. The number of benzene rings is 3. The summed E-state index contributed by atoms with van der Waals surface area (Å²) in [7, 11) is 0. The highest BCUT2D eigenvalue weighted by Gasteiger charge is 2.30. The van der Waals surface area contributed by atoms with Gasteiger partial charge in [-0.25, -0.2) is 0 Å². The Morgan fingerprint density at radius 2 is 1.69 bits per heavy atom. The molecule has 1 N–H and O–H groups in total. The van der Waals surface area contributed by atoms with Crippen LogP contribution in [-0.4, -0.2) is 5.91 Å². The van der Waals surface area contributed by atoms with Gasteiger partial charge in [0.2, 0.25) is 0 Å². The number of carbonyl (C=O) groups is 1. The Kier molecular flexibility index (Phi) is 8.57. The average Bonchev–Trinajstić information content (AvgIpc) is 2.77. The zero-order chi connectivity index (χ0) is 25.8. The lowest BCUT2D eigenvalue weighted by Gasteiger charge is -2.12. The van der Waals surface area contributed by atoms with Crippen molar-refractivity contribution in [2.75, 3.05) is 5.32 Å². The Bertz CT molecular complexity index is 1330. The van der Waals surface area contributed by atoms with E-state index in [2.05, 4.69) is 5.32 Å². The van der Waals surface area contributed by atoms with E-state index in [0.717, 1.165) is 18.2 Å². The van der Waals surface area contributed by atoms with E-state index in [9.17, 15) is 23.2 Å². The number of amides is 1. The van der Waals surface area contributed by atoms with Crippen LogP contribution in [0.15, 0.2) is 60.2 Å². The Balaban J connectivity index is 1.78. The summed E-state index contributed by atoms with van der Waals surface area (Å²) in [4.78, 5) is 12.5. The maximum absolute atomic E-state index is 12.9. The molecule has 0 spiro atoms. The van der Waals surface area contributed by atoms with Gasteiger partial charge >= 0.3 is 6.18 Å². The minimum atomic E-state index is -4.58. The van der Waals surface area contributed by atoms with Gasteiger partial charge in [0.05, 0.1) is 15.6 Å². The lowest BCUT2D eigenvalue weighted by atomic mass is 10.1. The number of rotatable bonds is 6. The number of anilines is 1. The van der Waals surface area contributed by atoms with Crippen LogP contribution in [0.4, 0.5) is 18.9 Å². The predicted molar refractivity (Wildman–Crippen MR) is 131 cm³/mol. The maximum atomic E-state index is 12.9.